The van der Waals surface area contributed by atoms with Crippen LogP contribution in [0.3, 0.4) is 0 Å². The van der Waals surface area contributed by atoms with E-state index in [9.17, 15) is 14.4 Å². The monoisotopic (exact) mass is 345 g/mol. The van der Waals surface area contributed by atoms with Crippen LogP contribution in [-0.2, 0) is 14.3 Å². The van der Waals surface area contributed by atoms with Gasteiger partial charge in [-0.2, -0.15) is 0 Å². The number of fused-ring (bicyclic) bond motifs is 1. The standard InChI is InChI=1S/C18H23N3O4/c1-18(2)10-11(7-8-25-18)19-15(22)9-14-17(24)20-13-6-4-3-5-12(13)16(23)21-14/h3-6,11,14H,7-10H2,1-2H3,(H,19,22)(H,20,24)(H,21,23)/t11-,14-/m1/s1. The fourth-order valence-electron chi connectivity index (χ4n) is 3.28. The van der Waals surface area contributed by atoms with Gasteiger partial charge >= 0.3 is 0 Å². The topological polar surface area (TPSA) is 96.5 Å². The van der Waals surface area contributed by atoms with Crippen molar-refractivity contribution >= 4 is 23.4 Å². The molecule has 134 valence electrons. The second-order valence-corrected chi connectivity index (χ2v) is 7.13. The SMILES string of the molecule is CC1(C)C[C@H](NC(=O)C[C@H]2NC(=O)c3ccccc3NC2=O)CCO1. The van der Waals surface area contributed by atoms with Crippen LogP contribution in [0.25, 0.3) is 0 Å². The first kappa shape index (κ1) is 17.4. The van der Waals surface area contributed by atoms with Crippen molar-refractivity contribution in [3.8, 4) is 0 Å². The fraction of sp³-hybridized carbons (Fsp3) is 0.500. The third kappa shape index (κ3) is 4.17. The molecular weight excluding hydrogens is 322 g/mol. The van der Waals surface area contributed by atoms with Gasteiger partial charge < -0.3 is 20.7 Å². The number of hydrogen-bond donors (Lipinski definition) is 3. The highest BCUT2D eigenvalue weighted by Crippen LogP contribution is 2.24. The maximum atomic E-state index is 12.3. The number of hydrogen-bond acceptors (Lipinski definition) is 4. The highest BCUT2D eigenvalue weighted by molar-refractivity contribution is 6.10. The summed E-state index contributed by atoms with van der Waals surface area (Å²) in [7, 11) is 0. The number of rotatable bonds is 3. The summed E-state index contributed by atoms with van der Waals surface area (Å²) in [5.41, 5.74) is 0.579. The summed E-state index contributed by atoms with van der Waals surface area (Å²) in [6.07, 6.45) is 1.36. The first-order chi connectivity index (χ1) is 11.8. The number of amides is 3. The normalized spacial score (nSPS) is 25.2. The molecule has 1 saturated heterocycles. The summed E-state index contributed by atoms with van der Waals surface area (Å²) < 4.78 is 5.64. The molecule has 0 saturated carbocycles. The van der Waals surface area contributed by atoms with Gasteiger partial charge in [0, 0.05) is 12.6 Å². The molecule has 2 atom stereocenters. The Balaban J connectivity index is 1.62. The lowest BCUT2D eigenvalue weighted by Gasteiger charge is -2.36. The molecule has 25 heavy (non-hydrogen) atoms. The number of para-hydroxylation sites is 1. The van der Waals surface area contributed by atoms with E-state index in [1.807, 2.05) is 13.8 Å². The molecule has 2 aliphatic heterocycles. The lowest BCUT2D eigenvalue weighted by Crippen LogP contribution is -2.49. The van der Waals surface area contributed by atoms with Crippen LogP contribution < -0.4 is 16.0 Å². The van der Waals surface area contributed by atoms with Crippen LogP contribution in [-0.4, -0.2) is 42.0 Å². The number of anilines is 1. The Kier molecular flexibility index (Phi) is 4.76. The number of carbonyl (C=O) groups is 3. The molecule has 1 aromatic carbocycles. The molecule has 7 nitrogen and oxygen atoms in total. The molecule has 0 bridgehead atoms. The number of benzene rings is 1. The van der Waals surface area contributed by atoms with Crippen molar-refractivity contribution in [1.29, 1.82) is 0 Å². The van der Waals surface area contributed by atoms with Crippen LogP contribution in [0.4, 0.5) is 5.69 Å². The van der Waals surface area contributed by atoms with Crippen molar-refractivity contribution in [2.24, 2.45) is 0 Å². The summed E-state index contributed by atoms with van der Waals surface area (Å²) in [6.45, 7) is 4.57. The minimum Gasteiger partial charge on any atom is -0.375 e. The molecule has 3 N–H and O–H groups in total. The third-order valence-electron chi connectivity index (χ3n) is 4.50. The minimum absolute atomic E-state index is 0.0120. The summed E-state index contributed by atoms with van der Waals surface area (Å²) in [5.74, 6) is -1.01. The smallest absolute Gasteiger partial charge is 0.254 e. The Labute approximate surface area is 146 Å². The average molecular weight is 345 g/mol. The van der Waals surface area contributed by atoms with Crippen LogP contribution in [0, 0.1) is 0 Å². The van der Waals surface area contributed by atoms with Crippen LogP contribution in [0.15, 0.2) is 24.3 Å². The molecule has 3 amide bonds. The van der Waals surface area contributed by atoms with Gasteiger partial charge in [0.1, 0.15) is 6.04 Å². The second-order valence-electron chi connectivity index (χ2n) is 7.13. The zero-order valence-corrected chi connectivity index (χ0v) is 14.4. The molecule has 0 spiro atoms. The first-order valence-electron chi connectivity index (χ1n) is 8.48. The van der Waals surface area contributed by atoms with E-state index in [1.54, 1.807) is 24.3 Å². The van der Waals surface area contributed by atoms with E-state index in [0.717, 1.165) is 6.42 Å². The van der Waals surface area contributed by atoms with Gasteiger partial charge in [-0.25, -0.2) is 0 Å². The van der Waals surface area contributed by atoms with Gasteiger partial charge in [-0.15, -0.1) is 0 Å². The van der Waals surface area contributed by atoms with E-state index in [1.165, 1.54) is 0 Å². The quantitative estimate of drug-likeness (QED) is 0.767. The fourth-order valence-corrected chi connectivity index (χ4v) is 3.28. The Hall–Kier alpha value is -2.41. The molecule has 2 aliphatic rings. The molecule has 0 unspecified atom stereocenters. The maximum absolute atomic E-state index is 12.3. The van der Waals surface area contributed by atoms with E-state index in [-0.39, 0.29) is 35.8 Å². The summed E-state index contributed by atoms with van der Waals surface area (Å²) in [6, 6.07) is 5.89. The van der Waals surface area contributed by atoms with Gasteiger partial charge in [-0.1, -0.05) is 12.1 Å². The Morgan fingerprint density at radius 3 is 2.84 bits per heavy atom. The minimum atomic E-state index is -0.896. The van der Waals surface area contributed by atoms with E-state index in [4.69, 9.17) is 4.74 Å². The lowest BCUT2D eigenvalue weighted by molar-refractivity contribution is -0.127. The molecule has 0 aromatic heterocycles. The van der Waals surface area contributed by atoms with E-state index >= 15 is 0 Å². The third-order valence-corrected chi connectivity index (χ3v) is 4.50. The molecule has 2 heterocycles. The predicted octanol–water partition coefficient (Wildman–Crippen LogP) is 1.20. The molecule has 0 radical (unpaired) electrons. The van der Waals surface area contributed by atoms with Crippen molar-refractivity contribution in [2.75, 3.05) is 11.9 Å². The molecule has 3 rings (SSSR count). The van der Waals surface area contributed by atoms with Gasteiger partial charge in [0.05, 0.1) is 23.3 Å². The van der Waals surface area contributed by atoms with Crippen molar-refractivity contribution in [3.05, 3.63) is 29.8 Å². The van der Waals surface area contributed by atoms with Gasteiger partial charge in [0.25, 0.3) is 5.91 Å². The van der Waals surface area contributed by atoms with Gasteiger partial charge in [0.15, 0.2) is 0 Å². The van der Waals surface area contributed by atoms with Crippen molar-refractivity contribution in [2.45, 2.75) is 50.8 Å². The van der Waals surface area contributed by atoms with Crippen LogP contribution in [0.1, 0.15) is 43.5 Å². The Morgan fingerprint density at radius 2 is 2.08 bits per heavy atom. The average Bonchev–Trinajstić information content (AvgIpc) is 2.64. The van der Waals surface area contributed by atoms with Gasteiger partial charge in [-0.3, -0.25) is 14.4 Å². The predicted molar refractivity (Wildman–Crippen MR) is 92.1 cm³/mol. The summed E-state index contributed by atoms with van der Waals surface area (Å²) in [4.78, 5) is 36.9. The van der Waals surface area contributed by atoms with E-state index < -0.39 is 6.04 Å². The van der Waals surface area contributed by atoms with E-state index in [0.29, 0.717) is 24.3 Å². The second kappa shape index (κ2) is 6.84. The number of ether oxygens (including phenoxy) is 1. The van der Waals surface area contributed by atoms with E-state index in [2.05, 4.69) is 16.0 Å². The van der Waals surface area contributed by atoms with Gasteiger partial charge in [-0.05, 0) is 38.8 Å². The zero-order chi connectivity index (χ0) is 18.0. The largest absolute Gasteiger partial charge is 0.375 e. The highest BCUT2D eigenvalue weighted by atomic mass is 16.5. The van der Waals surface area contributed by atoms with Crippen LogP contribution in [0.2, 0.25) is 0 Å². The van der Waals surface area contributed by atoms with Crippen LogP contribution >= 0.6 is 0 Å². The van der Waals surface area contributed by atoms with Crippen molar-refractivity contribution in [3.63, 3.8) is 0 Å². The first-order valence-corrected chi connectivity index (χ1v) is 8.48. The Morgan fingerprint density at radius 1 is 1.32 bits per heavy atom. The molecular formula is C18H23N3O4. The van der Waals surface area contributed by atoms with Gasteiger partial charge in [0.2, 0.25) is 11.8 Å². The van der Waals surface area contributed by atoms with Crippen molar-refractivity contribution in [1.82, 2.24) is 10.6 Å². The zero-order valence-electron chi connectivity index (χ0n) is 14.4. The highest BCUT2D eigenvalue weighted by Gasteiger charge is 2.32. The summed E-state index contributed by atoms with van der Waals surface area (Å²) >= 11 is 0. The molecule has 7 heteroatoms. The molecule has 1 fully saturated rings. The lowest BCUT2D eigenvalue weighted by atomic mass is 9.94. The Bertz CT molecular complexity index is 701. The maximum Gasteiger partial charge on any atom is 0.254 e. The van der Waals surface area contributed by atoms with Crippen LogP contribution in [0.5, 0.6) is 0 Å². The summed E-state index contributed by atoms with van der Waals surface area (Å²) in [5, 5.41) is 8.28. The molecule has 1 aromatic rings. The number of carbonyl (C=O) groups excluding carboxylic acids is 3. The molecule has 0 aliphatic carbocycles. The van der Waals surface area contributed by atoms with Crippen molar-refractivity contribution < 1.29 is 19.1 Å². The number of nitrogens with one attached hydrogen (secondary N) is 3.